The number of pyridine rings is 1. The number of nitrogens with zero attached hydrogens (tertiary/aromatic N) is 1. The molecule has 1 heterocycles. The van der Waals surface area contributed by atoms with E-state index in [9.17, 15) is 0 Å². The highest BCUT2D eigenvalue weighted by Gasteiger charge is 1.98. The summed E-state index contributed by atoms with van der Waals surface area (Å²) >= 11 is 0. The van der Waals surface area contributed by atoms with E-state index in [0.29, 0.717) is 5.92 Å². The van der Waals surface area contributed by atoms with E-state index in [1.165, 1.54) is 16.5 Å². The van der Waals surface area contributed by atoms with Gasteiger partial charge in [0.2, 0.25) is 0 Å². The predicted molar refractivity (Wildman–Crippen MR) is 91.2 cm³/mol. The summed E-state index contributed by atoms with van der Waals surface area (Å²) < 4.78 is 0. The Morgan fingerprint density at radius 3 is 2.33 bits per heavy atom. The topological polar surface area (TPSA) is 12.9 Å². The van der Waals surface area contributed by atoms with E-state index in [4.69, 9.17) is 0 Å². The Hall–Kier alpha value is -2.41. The minimum absolute atomic E-state index is 0.574. The highest BCUT2D eigenvalue weighted by molar-refractivity contribution is 5.80. The third-order valence-electron chi connectivity index (χ3n) is 3.67. The van der Waals surface area contributed by atoms with E-state index in [2.05, 4.69) is 73.4 Å². The molecule has 0 amide bonds. The molecular weight excluding hydrogens is 254 g/mol. The van der Waals surface area contributed by atoms with Crippen LogP contribution in [0.1, 0.15) is 36.6 Å². The largest absolute Gasteiger partial charge is 0.248 e. The van der Waals surface area contributed by atoms with E-state index < -0.39 is 0 Å². The van der Waals surface area contributed by atoms with Crippen LogP contribution in [0.2, 0.25) is 0 Å². The molecule has 0 radical (unpaired) electrons. The minimum Gasteiger partial charge on any atom is -0.248 e. The standard InChI is InChI=1S/C20H19N/c1-15(2)17-10-7-16(8-11-17)9-13-19-14-12-18-5-3-4-6-20(18)21-19/h3-15H,1-2H3. The number of fused-ring (bicyclic) bond motifs is 1. The maximum Gasteiger partial charge on any atom is 0.0709 e. The lowest BCUT2D eigenvalue weighted by Gasteiger charge is -2.04. The first-order chi connectivity index (χ1) is 10.2. The molecule has 0 saturated carbocycles. The van der Waals surface area contributed by atoms with Crippen LogP contribution < -0.4 is 0 Å². The molecule has 1 heteroatoms. The van der Waals surface area contributed by atoms with Crippen LogP contribution in [-0.4, -0.2) is 4.98 Å². The molecule has 0 fully saturated rings. The summed E-state index contributed by atoms with van der Waals surface area (Å²) in [5.74, 6) is 0.574. The van der Waals surface area contributed by atoms with Gasteiger partial charge in [0.1, 0.15) is 0 Å². The van der Waals surface area contributed by atoms with Crippen LogP contribution in [0.5, 0.6) is 0 Å². The summed E-state index contributed by atoms with van der Waals surface area (Å²) in [7, 11) is 0. The molecule has 0 aliphatic carbocycles. The fourth-order valence-corrected chi connectivity index (χ4v) is 2.35. The molecule has 104 valence electrons. The van der Waals surface area contributed by atoms with E-state index in [1.807, 2.05) is 18.2 Å². The van der Waals surface area contributed by atoms with Crippen molar-refractivity contribution in [3.8, 4) is 0 Å². The molecule has 2 aromatic carbocycles. The molecule has 1 nitrogen and oxygen atoms in total. The molecule has 0 saturated heterocycles. The van der Waals surface area contributed by atoms with Gasteiger partial charge < -0.3 is 0 Å². The second-order valence-corrected chi connectivity index (χ2v) is 5.58. The van der Waals surface area contributed by atoms with Gasteiger partial charge in [-0.15, -0.1) is 0 Å². The Labute approximate surface area is 126 Å². The molecule has 0 bridgehead atoms. The maximum atomic E-state index is 4.65. The van der Waals surface area contributed by atoms with Gasteiger partial charge in [-0.3, -0.25) is 0 Å². The molecule has 21 heavy (non-hydrogen) atoms. The zero-order chi connectivity index (χ0) is 14.7. The lowest BCUT2D eigenvalue weighted by atomic mass is 10.0. The molecule has 3 aromatic rings. The van der Waals surface area contributed by atoms with Gasteiger partial charge in [-0.05, 0) is 35.3 Å². The Balaban J connectivity index is 1.83. The molecule has 0 unspecified atom stereocenters. The first kappa shape index (κ1) is 13.6. The van der Waals surface area contributed by atoms with Gasteiger partial charge in [-0.1, -0.05) is 68.5 Å². The van der Waals surface area contributed by atoms with Gasteiger partial charge >= 0.3 is 0 Å². The zero-order valence-electron chi connectivity index (χ0n) is 12.5. The number of rotatable bonds is 3. The summed E-state index contributed by atoms with van der Waals surface area (Å²) in [6.45, 7) is 4.42. The van der Waals surface area contributed by atoms with Crippen LogP contribution >= 0.6 is 0 Å². The Morgan fingerprint density at radius 1 is 0.810 bits per heavy atom. The number of para-hydroxylation sites is 1. The summed E-state index contributed by atoms with van der Waals surface area (Å²) in [6, 6.07) is 21.1. The van der Waals surface area contributed by atoms with Gasteiger partial charge in [0.05, 0.1) is 11.2 Å². The summed E-state index contributed by atoms with van der Waals surface area (Å²) in [4.78, 5) is 4.65. The van der Waals surface area contributed by atoms with Crippen molar-refractivity contribution in [3.63, 3.8) is 0 Å². The first-order valence-corrected chi connectivity index (χ1v) is 7.36. The fraction of sp³-hybridized carbons (Fsp3) is 0.150. The Bertz CT molecular complexity index is 767. The van der Waals surface area contributed by atoms with Crippen molar-refractivity contribution in [2.75, 3.05) is 0 Å². The van der Waals surface area contributed by atoms with Crippen LogP contribution in [0.25, 0.3) is 23.1 Å². The maximum absolute atomic E-state index is 4.65. The van der Waals surface area contributed by atoms with E-state index in [0.717, 1.165) is 11.2 Å². The van der Waals surface area contributed by atoms with Crippen molar-refractivity contribution >= 4 is 23.1 Å². The zero-order valence-corrected chi connectivity index (χ0v) is 12.5. The van der Waals surface area contributed by atoms with Crippen LogP contribution in [-0.2, 0) is 0 Å². The van der Waals surface area contributed by atoms with Gasteiger partial charge in [-0.25, -0.2) is 4.98 Å². The van der Waals surface area contributed by atoms with Gasteiger partial charge in [0.15, 0.2) is 0 Å². The number of hydrogen-bond donors (Lipinski definition) is 0. The molecular formula is C20H19N. The van der Waals surface area contributed by atoms with Crippen molar-refractivity contribution in [1.29, 1.82) is 0 Å². The van der Waals surface area contributed by atoms with Crippen molar-refractivity contribution in [3.05, 3.63) is 77.5 Å². The molecule has 3 rings (SSSR count). The number of benzene rings is 2. The lowest BCUT2D eigenvalue weighted by molar-refractivity contribution is 0.866. The number of hydrogen-bond acceptors (Lipinski definition) is 1. The average Bonchev–Trinajstić information content (AvgIpc) is 2.53. The highest BCUT2D eigenvalue weighted by atomic mass is 14.7. The Kier molecular flexibility index (Phi) is 3.83. The van der Waals surface area contributed by atoms with E-state index in [-0.39, 0.29) is 0 Å². The third-order valence-corrected chi connectivity index (χ3v) is 3.67. The SMILES string of the molecule is CC(C)c1ccc(C=Cc2ccc3ccccc3n2)cc1. The Morgan fingerprint density at radius 2 is 1.57 bits per heavy atom. The molecule has 0 aliphatic heterocycles. The van der Waals surface area contributed by atoms with Crippen molar-refractivity contribution in [2.24, 2.45) is 0 Å². The van der Waals surface area contributed by atoms with Gasteiger partial charge in [0, 0.05) is 5.39 Å². The summed E-state index contributed by atoms with van der Waals surface area (Å²) in [5.41, 5.74) is 4.60. The van der Waals surface area contributed by atoms with Gasteiger partial charge in [0.25, 0.3) is 0 Å². The van der Waals surface area contributed by atoms with Crippen molar-refractivity contribution in [1.82, 2.24) is 4.98 Å². The van der Waals surface area contributed by atoms with Crippen LogP contribution in [0, 0.1) is 0 Å². The minimum atomic E-state index is 0.574. The average molecular weight is 273 g/mol. The van der Waals surface area contributed by atoms with E-state index >= 15 is 0 Å². The molecule has 1 aromatic heterocycles. The second-order valence-electron chi connectivity index (χ2n) is 5.58. The molecule has 0 spiro atoms. The third kappa shape index (κ3) is 3.19. The van der Waals surface area contributed by atoms with Gasteiger partial charge in [-0.2, -0.15) is 0 Å². The van der Waals surface area contributed by atoms with Crippen LogP contribution in [0.15, 0.2) is 60.7 Å². The smallest absolute Gasteiger partial charge is 0.0709 e. The summed E-state index contributed by atoms with van der Waals surface area (Å²) in [6.07, 6.45) is 4.18. The van der Waals surface area contributed by atoms with E-state index in [1.54, 1.807) is 0 Å². The first-order valence-electron chi connectivity index (χ1n) is 7.36. The van der Waals surface area contributed by atoms with Crippen molar-refractivity contribution < 1.29 is 0 Å². The lowest BCUT2D eigenvalue weighted by Crippen LogP contribution is -1.86. The van der Waals surface area contributed by atoms with Crippen LogP contribution in [0.4, 0.5) is 0 Å². The molecule has 0 aliphatic rings. The van der Waals surface area contributed by atoms with Crippen LogP contribution in [0.3, 0.4) is 0 Å². The predicted octanol–water partition coefficient (Wildman–Crippen LogP) is 5.53. The van der Waals surface area contributed by atoms with Crippen molar-refractivity contribution in [2.45, 2.75) is 19.8 Å². The highest BCUT2D eigenvalue weighted by Crippen LogP contribution is 2.17. The quantitative estimate of drug-likeness (QED) is 0.611. The monoisotopic (exact) mass is 273 g/mol. The normalized spacial score (nSPS) is 11.6. The summed E-state index contributed by atoms with van der Waals surface area (Å²) in [5, 5.41) is 1.18. The second kappa shape index (κ2) is 5.92. The fourth-order valence-electron chi connectivity index (χ4n) is 2.35. The number of aromatic nitrogens is 1. The molecule has 0 N–H and O–H groups in total. The molecule has 0 atom stereocenters.